The molecule has 1 aliphatic carbocycles. The largest absolute Gasteiger partial charge is 0.378 e. The molecule has 5 heteroatoms. The summed E-state index contributed by atoms with van der Waals surface area (Å²) in [5.41, 5.74) is 4.03. The van der Waals surface area contributed by atoms with Crippen molar-refractivity contribution < 1.29 is 9.53 Å². The first-order chi connectivity index (χ1) is 13.1. The molecule has 2 aromatic carbocycles. The standard InChI is InChI=1S/C22H25ClN2O2/c1-16-17(5-4-8-20(16)25-11-13-27-14-12-25)21(26)24-15-22(9-10-22)18-6-2-3-7-19(18)23/h2-8H,9-15H2,1H3,(H,24,26). The highest BCUT2D eigenvalue weighted by Gasteiger charge is 2.45. The molecule has 27 heavy (non-hydrogen) atoms. The van der Waals surface area contributed by atoms with Crippen LogP contribution < -0.4 is 10.2 Å². The summed E-state index contributed by atoms with van der Waals surface area (Å²) in [4.78, 5) is 15.2. The average molecular weight is 385 g/mol. The Morgan fingerprint density at radius 1 is 1.15 bits per heavy atom. The average Bonchev–Trinajstić information content (AvgIpc) is 3.48. The van der Waals surface area contributed by atoms with E-state index in [2.05, 4.69) is 22.3 Å². The number of hydrogen-bond acceptors (Lipinski definition) is 3. The molecule has 2 aliphatic rings. The zero-order chi connectivity index (χ0) is 18.9. The van der Waals surface area contributed by atoms with Gasteiger partial charge in [0, 0.05) is 41.3 Å². The minimum Gasteiger partial charge on any atom is -0.378 e. The maximum Gasteiger partial charge on any atom is 0.251 e. The Labute approximate surface area is 165 Å². The summed E-state index contributed by atoms with van der Waals surface area (Å²) in [5.74, 6) is -0.0130. The van der Waals surface area contributed by atoms with Crippen molar-refractivity contribution in [3.63, 3.8) is 0 Å². The van der Waals surface area contributed by atoms with Crippen LogP contribution in [0.5, 0.6) is 0 Å². The molecule has 0 bridgehead atoms. The fourth-order valence-corrected chi connectivity index (χ4v) is 4.28. The number of ether oxygens (including phenoxy) is 1. The molecule has 0 radical (unpaired) electrons. The molecule has 0 atom stereocenters. The molecule has 0 aromatic heterocycles. The smallest absolute Gasteiger partial charge is 0.251 e. The number of rotatable bonds is 5. The highest BCUT2D eigenvalue weighted by molar-refractivity contribution is 6.31. The number of nitrogens with one attached hydrogen (secondary N) is 1. The van der Waals surface area contributed by atoms with Crippen LogP contribution in [0.4, 0.5) is 5.69 Å². The van der Waals surface area contributed by atoms with E-state index in [4.69, 9.17) is 16.3 Å². The van der Waals surface area contributed by atoms with Gasteiger partial charge in [-0.05, 0) is 49.1 Å². The zero-order valence-corrected chi connectivity index (χ0v) is 16.4. The van der Waals surface area contributed by atoms with Gasteiger partial charge in [-0.2, -0.15) is 0 Å². The molecule has 1 aliphatic heterocycles. The number of nitrogens with zero attached hydrogens (tertiary/aromatic N) is 1. The Hall–Kier alpha value is -2.04. The number of morpholine rings is 1. The number of amides is 1. The summed E-state index contributed by atoms with van der Waals surface area (Å²) >= 11 is 6.38. The molecular weight excluding hydrogens is 360 g/mol. The van der Waals surface area contributed by atoms with Gasteiger partial charge in [0.15, 0.2) is 0 Å². The first kappa shape index (κ1) is 18.3. The Bertz CT molecular complexity index is 842. The van der Waals surface area contributed by atoms with Crippen molar-refractivity contribution in [3.8, 4) is 0 Å². The zero-order valence-electron chi connectivity index (χ0n) is 15.6. The minimum absolute atomic E-state index is 0.0102. The lowest BCUT2D eigenvalue weighted by molar-refractivity contribution is 0.0949. The van der Waals surface area contributed by atoms with Crippen LogP contribution in [0.25, 0.3) is 0 Å². The molecule has 1 saturated carbocycles. The molecule has 0 unspecified atom stereocenters. The highest BCUT2D eigenvalue weighted by Crippen LogP contribution is 2.49. The first-order valence-electron chi connectivity index (χ1n) is 9.56. The van der Waals surface area contributed by atoms with E-state index >= 15 is 0 Å². The molecule has 4 nitrogen and oxygen atoms in total. The summed E-state index contributed by atoms with van der Waals surface area (Å²) in [6, 6.07) is 13.9. The summed E-state index contributed by atoms with van der Waals surface area (Å²) < 4.78 is 5.44. The molecule has 0 spiro atoms. The van der Waals surface area contributed by atoms with Crippen LogP contribution in [-0.2, 0) is 10.2 Å². The number of anilines is 1. The van der Waals surface area contributed by atoms with E-state index in [0.29, 0.717) is 6.54 Å². The van der Waals surface area contributed by atoms with E-state index in [9.17, 15) is 4.79 Å². The van der Waals surface area contributed by atoms with Crippen LogP contribution in [0.15, 0.2) is 42.5 Å². The van der Waals surface area contributed by atoms with Gasteiger partial charge in [0.2, 0.25) is 0 Å². The third kappa shape index (κ3) is 3.69. The maximum absolute atomic E-state index is 12.9. The number of carbonyl (C=O) groups is 1. The van der Waals surface area contributed by atoms with Gasteiger partial charge in [-0.15, -0.1) is 0 Å². The third-order valence-corrected chi connectivity index (χ3v) is 6.12. The van der Waals surface area contributed by atoms with Crippen molar-refractivity contribution in [1.29, 1.82) is 0 Å². The van der Waals surface area contributed by atoms with E-state index in [-0.39, 0.29) is 11.3 Å². The van der Waals surface area contributed by atoms with Gasteiger partial charge in [-0.1, -0.05) is 35.9 Å². The van der Waals surface area contributed by atoms with E-state index in [1.54, 1.807) is 0 Å². The SMILES string of the molecule is Cc1c(C(=O)NCC2(c3ccccc3Cl)CC2)cccc1N1CCOCC1. The van der Waals surface area contributed by atoms with Crippen LogP contribution in [0.3, 0.4) is 0 Å². The van der Waals surface area contributed by atoms with Crippen LogP contribution in [0.1, 0.15) is 34.3 Å². The van der Waals surface area contributed by atoms with Crippen molar-refractivity contribution >= 4 is 23.2 Å². The second-order valence-corrected chi connectivity index (χ2v) is 7.90. The van der Waals surface area contributed by atoms with E-state index in [1.165, 1.54) is 0 Å². The van der Waals surface area contributed by atoms with Crippen LogP contribution in [0.2, 0.25) is 5.02 Å². The van der Waals surface area contributed by atoms with Gasteiger partial charge in [0.25, 0.3) is 5.91 Å². The number of carbonyl (C=O) groups excluding carboxylic acids is 1. The summed E-state index contributed by atoms with van der Waals surface area (Å²) in [5, 5.41) is 3.94. The second kappa shape index (κ2) is 7.53. The molecule has 142 valence electrons. The van der Waals surface area contributed by atoms with Crippen molar-refractivity contribution in [2.75, 3.05) is 37.7 Å². The topological polar surface area (TPSA) is 41.6 Å². The van der Waals surface area contributed by atoms with Gasteiger partial charge < -0.3 is 15.0 Å². The number of halogens is 1. The normalized spacial score (nSPS) is 18.2. The number of hydrogen-bond donors (Lipinski definition) is 1. The summed E-state index contributed by atoms with van der Waals surface area (Å²) in [6.07, 6.45) is 2.12. The molecule has 4 rings (SSSR count). The second-order valence-electron chi connectivity index (χ2n) is 7.49. The Morgan fingerprint density at radius 3 is 2.59 bits per heavy atom. The van der Waals surface area contributed by atoms with Gasteiger partial charge in [-0.3, -0.25) is 4.79 Å². The van der Waals surface area contributed by atoms with Crippen molar-refractivity contribution in [1.82, 2.24) is 5.32 Å². The Balaban J connectivity index is 1.48. The minimum atomic E-state index is -0.0130. The van der Waals surface area contributed by atoms with Crippen molar-refractivity contribution in [2.24, 2.45) is 0 Å². The molecule has 2 aromatic rings. The fourth-order valence-electron chi connectivity index (χ4n) is 3.94. The lowest BCUT2D eigenvalue weighted by atomic mass is 9.95. The van der Waals surface area contributed by atoms with Gasteiger partial charge >= 0.3 is 0 Å². The highest BCUT2D eigenvalue weighted by atomic mass is 35.5. The van der Waals surface area contributed by atoms with Gasteiger partial charge in [0.1, 0.15) is 0 Å². The molecule has 1 heterocycles. The van der Waals surface area contributed by atoms with E-state index in [1.807, 2.05) is 37.3 Å². The Kier molecular flexibility index (Phi) is 5.11. The van der Waals surface area contributed by atoms with Gasteiger partial charge in [-0.25, -0.2) is 0 Å². The molecule has 1 N–H and O–H groups in total. The van der Waals surface area contributed by atoms with Gasteiger partial charge in [0.05, 0.1) is 13.2 Å². The predicted octanol–water partition coefficient (Wildman–Crippen LogP) is 3.95. The quantitative estimate of drug-likeness (QED) is 0.848. The van der Waals surface area contributed by atoms with Crippen LogP contribution in [-0.4, -0.2) is 38.8 Å². The Morgan fingerprint density at radius 2 is 1.89 bits per heavy atom. The van der Waals surface area contributed by atoms with Crippen molar-refractivity contribution in [3.05, 3.63) is 64.2 Å². The lowest BCUT2D eigenvalue weighted by Crippen LogP contribution is -2.37. The van der Waals surface area contributed by atoms with E-state index < -0.39 is 0 Å². The summed E-state index contributed by atoms with van der Waals surface area (Å²) in [6.45, 7) is 5.84. The molecular formula is C22H25ClN2O2. The van der Waals surface area contributed by atoms with E-state index in [0.717, 1.165) is 66.5 Å². The van der Waals surface area contributed by atoms with Crippen molar-refractivity contribution in [2.45, 2.75) is 25.2 Å². The van der Waals surface area contributed by atoms with Crippen LogP contribution in [0, 0.1) is 6.92 Å². The predicted molar refractivity (Wildman–Crippen MR) is 109 cm³/mol. The van der Waals surface area contributed by atoms with Crippen LogP contribution >= 0.6 is 11.6 Å². The number of benzene rings is 2. The molecule has 1 amide bonds. The monoisotopic (exact) mass is 384 g/mol. The molecule has 2 fully saturated rings. The molecule has 1 saturated heterocycles. The fraction of sp³-hybridized carbons (Fsp3) is 0.409. The summed E-state index contributed by atoms with van der Waals surface area (Å²) in [7, 11) is 0. The lowest BCUT2D eigenvalue weighted by Gasteiger charge is -2.30. The first-order valence-corrected chi connectivity index (χ1v) is 9.94. The maximum atomic E-state index is 12.9. The third-order valence-electron chi connectivity index (χ3n) is 5.79.